The Balaban J connectivity index is 3.61. The van der Waals surface area contributed by atoms with Crippen LogP contribution in [0.2, 0.25) is 0 Å². The molecule has 0 aliphatic rings. The molecule has 0 bridgehead atoms. The third-order valence-corrected chi connectivity index (χ3v) is 3.28. The molecule has 0 aliphatic heterocycles. The maximum absolute atomic E-state index is 11.5. The predicted molar refractivity (Wildman–Crippen MR) is 75.4 cm³/mol. The molecule has 18 heavy (non-hydrogen) atoms. The van der Waals surface area contributed by atoms with Gasteiger partial charge >= 0.3 is 0 Å². The van der Waals surface area contributed by atoms with Crippen LogP contribution in [0.25, 0.3) is 0 Å². The Morgan fingerprint density at radius 3 is 2.33 bits per heavy atom. The molecule has 108 valence electrons. The molecule has 1 unspecified atom stereocenters. The fraction of sp³-hybridized carbons (Fsp3) is 0.929. The van der Waals surface area contributed by atoms with Gasteiger partial charge in [-0.2, -0.15) is 0 Å². The molecule has 0 fully saturated rings. The monoisotopic (exact) mass is 258 g/mol. The van der Waals surface area contributed by atoms with Crippen molar-refractivity contribution in [2.45, 2.75) is 53.1 Å². The lowest BCUT2D eigenvalue weighted by Gasteiger charge is -2.20. The van der Waals surface area contributed by atoms with Crippen LogP contribution < -0.4 is 10.6 Å². The fourth-order valence-corrected chi connectivity index (χ4v) is 1.90. The summed E-state index contributed by atoms with van der Waals surface area (Å²) in [6.45, 7) is 9.94. The quantitative estimate of drug-likeness (QED) is 0.557. The zero-order valence-electron chi connectivity index (χ0n) is 12.3. The highest BCUT2D eigenvalue weighted by Crippen LogP contribution is 2.11. The summed E-state index contributed by atoms with van der Waals surface area (Å²) in [7, 11) is 0. The van der Waals surface area contributed by atoms with Crippen LogP contribution in [0.15, 0.2) is 0 Å². The molecule has 0 aromatic heterocycles. The van der Waals surface area contributed by atoms with E-state index in [-0.39, 0.29) is 18.6 Å². The smallest absolute Gasteiger partial charge is 0.233 e. The van der Waals surface area contributed by atoms with Crippen molar-refractivity contribution in [2.75, 3.05) is 19.6 Å². The first-order valence-electron chi connectivity index (χ1n) is 7.16. The minimum absolute atomic E-state index is 0.00685. The molecule has 1 atom stereocenters. The molecule has 0 saturated heterocycles. The Kier molecular flexibility index (Phi) is 9.98. The molecule has 4 nitrogen and oxygen atoms in total. The van der Waals surface area contributed by atoms with E-state index in [4.69, 9.17) is 0 Å². The third-order valence-electron chi connectivity index (χ3n) is 3.28. The van der Waals surface area contributed by atoms with Crippen molar-refractivity contribution in [3.63, 3.8) is 0 Å². The Morgan fingerprint density at radius 2 is 1.83 bits per heavy atom. The van der Waals surface area contributed by atoms with Gasteiger partial charge in [-0.05, 0) is 18.3 Å². The van der Waals surface area contributed by atoms with Crippen molar-refractivity contribution >= 4 is 5.91 Å². The molecule has 0 heterocycles. The van der Waals surface area contributed by atoms with E-state index in [0.717, 1.165) is 25.8 Å². The maximum Gasteiger partial charge on any atom is 0.233 e. The number of carbonyl (C=O) groups is 1. The minimum Gasteiger partial charge on any atom is -0.392 e. The second kappa shape index (κ2) is 10.3. The van der Waals surface area contributed by atoms with Crippen LogP contribution in [0.4, 0.5) is 0 Å². The lowest BCUT2D eigenvalue weighted by atomic mass is 9.97. The van der Waals surface area contributed by atoms with E-state index in [1.165, 1.54) is 0 Å². The first-order valence-corrected chi connectivity index (χ1v) is 7.16. The summed E-state index contributed by atoms with van der Waals surface area (Å²) < 4.78 is 0. The maximum atomic E-state index is 11.5. The minimum atomic E-state index is -0.358. The van der Waals surface area contributed by atoms with Gasteiger partial charge in [0.05, 0.1) is 12.6 Å². The van der Waals surface area contributed by atoms with E-state index >= 15 is 0 Å². The number of carbonyl (C=O) groups excluding carboxylic acids is 1. The van der Waals surface area contributed by atoms with E-state index in [0.29, 0.717) is 18.4 Å². The van der Waals surface area contributed by atoms with Gasteiger partial charge in [0.2, 0.25) is 5.91 Å². The van der Waals surface area contributed by atoms with Crippen LogP contribution in [0.5, 0.6) is 0 Å². The average molecular weight is 258 g/mol. The van der Waals surface area contributed by atoms with E-state index in [2.05, 4.69) is 38.3 Å². The van der Waals surface area contributed by atoms with E-state index in [9.17, 15) is 9.90 Å². The van der Waals surface area contributed by atoms with Gasteiger partial charge in [0.1, 0.15) is 0 Å². The molecule has 1 amide bonds. The van der Waals surface area contributed by atoms with Crippen molar-refractivity contribution in [1.82, 2.24) is 10.6 Å². The lowest BCUT2D eigenvalue weighted by Crippen LogP contribution is -2.39. The largest absolute Gasteiger partial charge is 0.392 e. The molecule has 0 aliphatic carbocycles. The summed E-state index contributed by atoms with van der Waals surface area (Å²) in [6, 6.07) is 0. The van der Waals surface area contributed by atoms with Gasteiger partial charge in [0.25, 0.3) is 0 Å². The molecule has 0 aromatic rings. The third kappa shape index (κ3) is 8.48. The van der Waals surface area contributed by atoms with Crippen LogP contribution in [-0.4, -0.2) is 36.8 Å². The van der Waals surface area contributed by atoms with Crippen molar-refractivity contribution in [3.05, 3.63) is 0 Å². The zero-order chi connectivity index (χ0) is 14.0. The molecular weight excluding hydrogens is 228 g/mol. The number of aliphatic hydroxyl groups is 1. The van der Waals surface area contributed by atoms with Crippen molar-refractivity contribution in [2.24, 2.45) is 11.8 Å². The predicted octanol–water partition coefficient (Wildman–Crippen LogP) is 1.54. The molecular formula is C14H30N2O2. The number of amides is 1. The highest BCUT2D eigenvalue weighted by atomic mass is 16.3. The average Bonchev–Trinajstić information content (AvgIpc) is 2.30. The standard InChI is InChI=1S/C14H30N2O2/c1-5-12(6-2)13(17)9-15-10-14(18)16-8-7-11(3)4/h11-13,15,17H,5-10H2,1-4H3,(H,16,18). The van der Waals surface area contributed by atoms with E-state index in [1.54, 1.807) is 0 Å². The number of rotatable bonds is 10. The van der Waals surface area contributed by atoms with Crippen LogP contribution in [0.3, 0.4) is 0 Å². The Bertz CT molecular complexity index is 216. The van der Waals surface area contributed by atoms with Crippen molar-refractivity contribution < 1.29 is 9.90 Å². The second-order valence-corrected chi connectivity index (χ2v) is 5.31. The van der Waals surface area contributed by atoms with Gasteiger partial charge in [0, 0.05) is 13.1 Å². The molecule has 4 heteroatoms. The summed E-state index contributed by atoms with van der Waals surface area (Å²) >= 11 is 0. The topological polar surface area (TPSA) is 61.4 Å². The summed E-state index contributed by atoms with van der Waals surface area (Å²) in [5.41, 5.74) is 0. The van der Waals surface area contributed by atoms with Crippen LogP contribution >= 0.6 is 0 Å². The summed E-state index contributed by atoms with van der Waals surface area (Å²) in [4.78, 5) is 11.5. The van der Waals surface area contributed by atoms with Gasteiger partial charge in [-0.15, -0.1) is 0 Å². The summed E-state index contributed by atoms with van der Waals surface area (Å²) in [5.74, 6) is 0.934. The molecule has 0 saturated carbocycles. The number of hydrogen-bond acceptors (Lipinski definition) is 3. The SMILES string of the molecule is CCC(CC)C(O)CNCC(=O)NCCC(C)C. The Labute approximate surface area is 112 Å². The first kappa shape index (κ1) is 17.4. The summed E-state index contributed by atoms with van der Waals surface area (Å²) in [5, 5.41) is 15.7. The lowest BCUT2D eigenvalue weighted by molar-refractivity contribution is -0.120. The second-order valence-electron chi connectivity index (χ2n) is 5.31. The van der Waals surface area contributed by atoms with Crippen molar-refractivity contribution in [1.29, 1.82) is 0 Å². The van der Waals surface area contributed by atoms with Gasteiger partial charge < -0.3 is 15.7 Å². The number of aliphatic hydroxyl groups excluding tert-OH is 1. The normalized spacial score (nSPS) is 13.1. The van der Waals surface area contributed by atoms with Crippen LogP contribution in [0, 0.1) is 11.8 Å². The molecule has 0 spiro atoms. The summed E-state index contributed by atoms with van der Waals surface area (Å²) in [6.07, 6.45) is 2.59. The first-order chi connectivity index (χ1) is 8.51. The highest BCUT2D eigenvalue weighted by molar-refractivity contribution is 5.77. The van der Waals surface area contributed by atoms with Crippen LogP contribution in [-0.2, 0) is 4.79 Å². The number of hydrogen-bond donors (Lipinski definition) is 3. The molecule has 0 rings (SSSR count). The van der Waals surface area contributed by atoms with E-state index < -0.39 is 0 Å². The van der Waals surface area contributed by atoms with Gasteiger partial charge in [-0.25, -0.2) is 0 Å². The van der Waals surface area contributed by atoms with Gasteiger partial charge in [-0.1, -0.05) is 40.5 Å². The van der Waals surface area contributed by atoms with Crippen molar-refractivity contribution in [3.8, 4) is 0 Å². The molecule has 0 aromatic carbocycles. The van der Waals surface area contributed by atoms with Crippen LogP contribution in [0.1, 0.15) is 47.0 Å². The Morgan fingerprint density at radius 1 is 1.22 bits per heavy atom. The molecule has 3 N–H and O–H groups in total. The molecule has 0 radical (unpaired) electrons. The van der Waals surface area contributed by atoms with Gasteiger partial charge in [0.15, 0.2) is 0 Å². The number of nitrogens with one attached hydrogen (secondary N) is 2. The van der Waals surface area contributed by atoms with E-state index in [1.807, 2.05) is 0 Å². The highest BCUT2D eigenvalue weighted by Gasteiger charge is 2.15. The Hall–Kier alpha value is -0.610. The van der Waals surface area contributed by atoms with Gasteiger partial charge in [-0.3, -0.25) is 4.79 Å². The fourth-order valence-electron chi connectivity index (χ4n) is 1.90. The zero-order valence-corrected chi connectivity index (χ0v) is 12.3.